The maximum absolute atomic E-state index is 13.2. The van der Waals surface area contributed by atoms with Crippen molar-refractivity contribution in [1.29, 1.82) is 0 Å². The molecule has 0 spiro atoms. The van der Waals surface area contributed by atoms with Crippen LogP contribution in [-0.4, -0.2) is 43.3 Å². The molecule has 0 N–H and O–H groups in total. The fourth-order valence-corrected chi connectivity index (χ4v) is 5.66. The molecule has 0 saturated carbocycles. The van der Waals surface area contributed by atoms with Crippen LogP contribution in [0.3, 0.4) is 0 Å². The van der Waals surface area contributed by atoms with E-state index in [1.54, 1.807) is 4.90 Å². The number of rotatable bonds is 8. The van der Waals surface area contributed by atoms with Gasteiger partial charge in [-0.3, -0.25) is 4.79 Å². The first-order valence-electron chi connectivity index (χ1n) is 11.4. The summed E-state index contributed by atoms with van der Waals surface area (Å²) in [5.41, 5.74) is 2.93. The number of unbranched alkanes of at least 4 members (excludes halogenated alkanes) is 1. The summed E-state index contributed by atoms with van der Waals surface area (Å²) in [6.45, 7) is 9.62. The van der Waals surface area contributed by atoms with E-state index in [9.17, 15) is 13.2 Å². The van der Waals surface area contributed by atoms with Gasteiger partial charge in [0.15, 0.2) is 9.84 Å². The topological polar surface area (TPSA) is 63.7 Å². The number of carbonyl (C=O) groups is 1. The van der Waals surface area contributed by atoms with Gasteiger partial charge in [0.25, 0.3) is 5.91 Å². The second kappa shape index (κ2) is 10.1. The van der Waals surface area contributed by atoms with Gasteiger partial charge in [0.1, 0.15) is 12.4 Å². The number of nitrogens with zero attached hydrogens (tertiary/aromatic N) is 1. The van der Waals surface area contributed by atoms with Crippen molar-refractivity contribution < 1.29 is 17.9 Å². The Balaban J connectivity index is 1.63. The molecule has 2 aromatic rings. The summed E-state index contributed by atoms with van der Waals surface area (Å²) >= 11 is 0. The van der Waals surface area contributed by atoms with Crippen molar-refractivity contribution in [3.63, 3.8) is 0 Å². The highest BCUT2D eigenvalue weighted by atomic mass is 32.2. The highest BCUT2D eigenvalue weighted by Crippen LogP contribution is 2.25. The molecule has 0 bridgehead atoms. The molecule has 6 heteroatoms. The summed E-state index contributed by atoms with van der Waals surface area (Å²) in [5, 5.41) is 0. The first-order chi connectivity index (χ1) is 15.1. The predicted molar refractivity (Wildman–Crippen MR) is 129 cm³/mol. The van der Waals surface area contributed by atoms with Crippen LogP contribution in [0.4, 0.5) is 0 Å². The van der Waals surface area contributed by atoms with Gasteiger partial charge in [-0.15, -0.1) is 0 Å². The molecular weight excluding hydrogens is 422 g/mol. The van der Waals surface area contributed by atoms with E-state index in [4.69, 9.17) is 4.74 Å². The van der Waals surface area contributed by atoms with E-state index in [0.29, 0.717) is 25.1 Å². The molecule has 1 amide bonds. The molecule has 2 aromatic carbocycles. The van der Waals surface area contributed by atoms with E-state index < -0.39 is 9.84 Å². The van der Waals surface area contributed by atoms with Crippen LogP contribution < -0.4 is 4.74 Å². The third-order valence-electron chi connectivity index (χ3n) is 5.99. The lowest BCUT2D eigenvalue weighted by Crippen LogP contribution is -2.41. The second-order valence-electron chi connectivity index (χ2n) is 9.67. The summed E-state index contributed by atoms with van der Waals surface area (Å²) in [5.74, 6) is 0.959. The SMILES string of the molecule is CCCCN(C(=O)c1ccc(COc2ccc(C(C)(C)C)cc2)cc1)C1CCS(=O)(=O)C1. The van der Waals surface area contributed by atoms with E-state index in [-0.39, 0.29) is 28.9 Å². The minimum Gasteiger partial charge on any atom is -0.489 e. The molecular formula is C26H35NO4S. The summed E-state index contributed by atoms with van der Waals surface area (Å²) in [4.78, 5) is 14.9. The molecule has 0 aromatic heterocycles. The zero-order valence-corrected chi connectivity index (χ0v) is 20.5. The minimum absolute atomic E-state index is 0.0718. The molecule has 1 aliphatic heterocycles. The molecule has 1 heterocycles. The van der Waals surface area contributed by atoms with Gasteiger partial charge < -0.3 is 9.64 Å². The minimum atomic E-state index is -3.04. The average molecular weight is 458 g/mol. The number of amides is 1. The standard InChI is InChI=1S/C26H35NO4S/c1-5-6-16-27(23-15-17-32(29,30)19-23)25(28)21-9-7-20(8-10-21)18-31-24-13-11-22(12-14-24)26(2,3)4/h7-14,23H,5-6,15-19H2,1-4H3. The van der Waals surface area contributed by atoms with Crippen molar-refractivity contribution in [1.82, 2.24) is 4.90 Å². The molecule has 1 aliphatic rings. The second-order valence-corrected chi connectivity index (χ2v) is 11.9. The normalized spacial score (nSPS) is 17.8. The van der Waals surface area contributed by atoms with E-state index in [0.717, 1.165) is 24.2 Å². The number of hydrogen-bond acceptors (Lipinski definition) is 4. The maximum atomic E-state index is 13.2. The Morgan fingerprint density at radius 3 is 2.25 bits per heavy atom. The Morgan fingerprint density at radius 1 is 1.06 bits per heavy atom. The number of carbonyl (C=O) groups excluding carboxylic acids is 1. The van der Waals surface area contributed by atoms with Gasteiger partial charge in [-0.25, -0.2) is 8.42 Å². The predicted octanol–water partition coefficient (Wildman–Crippen LogP) is 4.99. The van der Waals surface area contributed by atoms with Crippen molar-refractivity contribution in [2.45, 2.75) is 65.0 Å². The highest BCUT2D eigenvalue weighted by molar-refractivity contribution is 7.91. The molecule has 3 rings (SSSR count). The number of sulfone groups is 1. The quantitative estimate of drug-likeness (QED) is 0.560. The van der Waals surface area contributed by atoms with E-state index in [1.165, 1.54) is 5.56 Å². The van der Waals surface area contributed by atoms with Gasteiger partial charge in [-0.05, 0) is 53.6 Å². The van der Waals surface area contributed by atoms with Crippen LogP contribution in [0, 0.1) is 0 Å². The van der Waals surface area contributed by atoms with Crippen LogP contribution >= 0.6 is 0 Å². The van der Waals surface area contributed by atoms with Crippen molar-refractivity contribution in [3.05, 3.63) is 65.2 Å². The van der Waals surface area contributed by atoms with Gasteiger partial charge in [-0.1, -0.05) is 58.4 Å². The van der Waals surface area contributed by atoms with Crippen molar-refractivity contribution in [2.75, 3.05) is 18.1 Å². The molecule has 5 nitrogen and oxygen atoms in total. The largest absolute Gasteiger partial charge is 0.489 e. The first kappa shape index (κ1) is 24.3. The maximum Gasteiger partial charge on any atom is 0.254 e. The fraction of sp³-hybridized carbons (Fsp3) is 0.500. The van der Waals surface area contributed by atoms with Crippen LogP contribution in [0.15, 0.2) is 48.5 Å². The van der Waals surface area contributed by atoms with Crippen LogP contribution in [0.1, 0.15) is 68.4 Å². The highest BCUT2D eigenvalue weighted by Gasteiger charge is 2.34. The van der Waals surface area contributed by atoms with Gasteiger partial charge in [0, 0.05) is 18.2 Å². The van der Waals surface area contributed by atoms with Crippen LogP contribution in [0.25, 0.3) is 0 Å². The van der Waals surface area contributed by atoms with Crippen molar-refractivity contribution >= 4 is 15.7 Å². The van der Waals surface area contributed by atoms with E-state index >= 15 is 0 Å². The van der Waals surface area contributed by atoms with Crippen LogP contribution in [0.5, 0.6) is 5.75 Å². The molecule has 32 heavy (non-hydrogen) atoms. The Bertz CT molecular complexity index is 1010. The van der Waals surface area contributed by atoms with Gasteiger partial charge in [-0.2, -0.15) is 0 Å². The third-order valence-corrected chi connectivity index (χ3v) is 7.74. The van der Waals surface area contributed by atoms with Crippen LogP contribution in [-0.2, 0) is 21.9 Å². The lowest BCUT2D eigenvalue weighted by atomic mass is 9.87. The Kier molecular flexibility index (Phi) is 7.65. The van der Waals surface area contributed by atoms with Crippen LogP contribution in [0.2, 0.25) is 0 Å². The van der Waals surface area contributed by atoms with Gasteiger partial charge in [0.2, 0.25) is 0 Å². The molecule has 0 radical (unpaired) electrons. The molecule has 0 aliphatic carbocycles. The zero-order valence-electron chi connectivity index (χ0n) is 19.6. The Hall–Kier alpha value is -2.34. The third kappa shape index (κ3) is 6.35. The summed E-state index contributed by atoms with van der Waals surface area (Å²) in [6, 6.07) is 15.4. The van der Waals surface area contributed by atoms with Gasteiger partial charge >= 0.3 is 0 Å². The molecule has 174 valence electrons. The fourth-order valence-electron chi connectivity index (χ4n) is 3.93. The average Bonchev–Trinajstić information content (AvgIpc) is 3.12. The number of hydrogen-bond donors (Lipinski definition) is 0. The Morgan fingerprint density at radius 2 is 1.72 bits per heavy atom. The molecule has 1 unspecified atom stereocenters. The Labute approximate surface area is 192 Å². The molecule has 1 atom stereocenters. The number of ether oxygens (including phenoxy) is 1. The van der Waals surface area contributed by atoms with Gasteiger partial charge in [0.05, 0.1) is 11.5 Å². The van der Waals surface area contributed by atoms with E-state index in [1.807, 2.05) is 36.4 Å². The van der Waals surface area contributed by atoms with Crippen molar-refractivity contribution in [2.24, 2.45) is 0 Å². The smallest absolute Gasteiger partial charge is 0.254 e. The van der Waals surface area contributed by atoms with Crippen molar-refractivity contribution in [3.8, 4) is 5.75 Å². The summed E-state index contributed by atoms with van der Waals surface area (Å²) in [6.07, 6.45) is 2.34. The molecule has 1 fully saturated rings. The zero-order chi connectivity index (χ0) is 23.4. The molecule has 1 saturated heterocycles. The monoisotopic (exact) mass is 457 g/mol. The summed E-state index contributed by atoms with van der Waals surface area (Å²) in [7, 11) is -3.04. The lowest BCUT2D eigenvalue weighted by Gasteiger charge is -2.28. The number of benzene rings is 2. The van der Waals surface area contributed by atoms with E-state index in [2.05, 4.69) is 39.8 Å². The first-order valence-corrected chi connectivity index (χ1v) is 13.2. The lowest BCUT2D eigenvalue weighted by molar-refractivity contribution is 0.0694. The summed E-state index contributed by atoms with van der Waals surface area (Å²) < 4.78 is 29.8.